The van der Waals surface area contributed by atoms with Crippen molar-refractivity contribution in [2.75, 3.05) is 39.0 Å². The Morgan fingerprint density at radius 2 is 2.10 bits per heavy atom. The third-order valence-electron chi connectivity index (χ3n) is 3.43. The summed E-state index contributed by atoms with van der Waals surface area (Å²) in [4.78, 5) is 18.7. The fraction of sp³-hybridized carbons (Fsp3) is 0.385. The van der Waals surface area contributed by atoms with Gasteiger partial charge in [0.25, 0.3) is 5.91 Å². The van der Waals surface area contributed by atoms with Gasteiger partial charge in [-0.3, -0.25) is 10.2 Å². The first kappa shape index (κ1) is 13.3. The second-order valence-electron chi connectivity index (χ2n) is 4.97. The lowest BCUT2D eigenvalue weighted by molar-refractivity contribution is 0.0662. The van der Waals surface area contributed by atoms with Gasteiger partial charge in [0.2, 0.25) is 0 Å². The Kier molecular flexibility index (Phi) is 3.56. The Hall–Kier alpha value is -1.70. The number of aromatic nitrogens is 1. The zero-order valence-electron chi connectivity index (χ0n) is 11.3. The molecule has 6 nitrogen and oxygen atoms in total. The van der Waals surface area contributed by atoms with Crippen LogP contribution in [0.15, 0.2) is 18.2 Å². The van der Waals surface area contributed by atoms with Crippen molar-refractivity contribution in [3.05, 3.63) is 23.8 Å². The number of nitrogens with two attached hydrogens (primary N) is 1. The van der Waals surface area contributed by atoms with Gasteiger partial charge in [-0.1, -0.05) is 11.3 Å². The molecule has 2 heterocycles. The van der Waals surface area contributed by atoms with Crippen molar-refractivity contribution in [3.8, 4) is 0 Å². The van der Waals surface area contributed by atoms with Crippen LogP contribution in [0.1, 0.15) is 10.4 Å². The fourth-order valence-corrected chi connectivity index (χ4v) is 2.98. The lowest BCUT2D eigenvalue weighted by Gasteiger charge is -2.32. The minimum absolute atomic E-state index is 0.0802. The number of carbonyl (C=O) groups is 1. The zero-order valence-corrected chi connectivity index (χ0v) is 12.1. The van der Waals surface area contributed by atoms with Crippen molar-refractivity contribution >= 4 is 32.6 Å². The van der Waals surface area contributed by atoms with Gasteiger partial charge in [-0.2, -0.15) is 0 Å². The number of nitrogen functional groups attached to an aromatic ring is 1. The molecule has 7 heteroatoms. The Balaban J connectivity index is 1.71. The molecule has 0 unspecified atom stereocenters. The van der Waals surface area contributed by atoms with E-state index in [9.17, 15) is 4.79 Å². The molecule has 0 aliphatic carbocycles. The molecule has 3 N–H and O–H groups in total. The number of nitrogens with zero attached hydrogens (tertiary/aromatic N) is 3. The zero-order chi connectivity index (χ0) is 14.1. The van der Waals surface area contributed by atoms with Gasteiger partial charge in [-0.15, -0.1) is 0 Å². The summed E-state index contributed by atoms with van der Waals surface area (Å²) >= 11 is 1.40. The highest BCUT2D eigenvalue weighted by Gasteiger charge is 2.17. The van der Waals surface area contributed by atoms with Gasteiger partial charge in [-0.25, -0.2) is 9.99 Å². The van der Waals surface area contributed by atoms with Gasteiger partial charge in [0.15, 0.2) is 5.13 Å². The van der Waals surface area contributed by atoms with Crippen LogP contribution in [0.25, 0.3) is 10.2 Å². The predicted molar refractivity (Wildman–Crippen MR) is 80.6 cm³/mol. The number of piperazine rings is 1. The van der Waals surface area contributed by atoms with E-state index in [0.29, 0.717) is 10.7 Å². The van der Waals surface area contributed by atoms with Crippen LogP contribution in [0, 0.1) is 0 Å². The van der Waals surface area contributed by atoms with Gasteiger partial charge in [0.05, 0.1) is 10.2 Å². The van der Waals surface area contributed by atoms with E-state index in [1.165, 1.54) is 11.3 Å². The summed E-state index contributed by atoms with van der Waals surface area (Å²) in [6.07, 6.45) is 0. The molecule has 106 valence electrons. The van der Waals surface area contributed by atoms with Crippen LogP contribution in [0.4, 0.5) is 5.13 Å². The van der Waals surface area contributed by atoms with Crippen LogP contribution in [0.3, 0.4) is 0 Å². The lowest BCUT2D eigenvalue weighted by atomic mass is 10.2. The summed E-state index contributed by atoms with van der Waals surface area (Å²) < 4.78 is 0.938. The molecular formula is C13H17N5OS. The van der Waals surface area contributed by atoms with E-state index in [2.05, 4.69) is 22.4 Å². The van der Waals surface area contributed by atoms with Gasteiger partial charge < -0.3 is 10.6 Å². The van der Waals surface area contributed by atoms with E-state index >= 15 is 0 Å². The molecule has 1 amide bonds. The first-order chi connectivity index (χ1) is 9.61. The minimum Gasteiger partial charge on any atom is -0.375 e. The van der Waals surface area contributed by atoms with Gasteiger partial charge in [-0.05, 0) is 25.2 Å². The van der Waals surface area contributed by atoms with Crippen molar-refractivity contribution in [3.63, 3.8) is 0 Å². The van der Waals surface area contributed by atoms with Crippen molar-refractivity contribution in [1.29, 1.82) is 0 Å². The van der Waals surface area contributed by atoms with E-state index in [1.54, 1.807) is 6.07 Å². The summed E-state index contributed by atoms with van der Waals surface area (Å²) in [5, 5.41) is 2.49. The van der Waals surface area contributed by atoms with Crippen LogP contribution in [0.2, 0.25) is 0 Å². The van der Waals surface area contributed by atoms with E-state index in [-0.39, 0.29) is 5.91 Å². The largest absolute Gasteiger partial charge is 0.375 e. The summed E-state index contributed by atoms with van der Waals surface area (Å²) in [6.45, 7) is 3.62. The second-order valence-corrected chi connectivity index (χ2v) is 6.03. The highest BCUT2D eigenvalue weighted by atomic mass is 32.1. The molecule has 1 fully saturated rings. The highest BCUT2D eigenvalue weighted by molar-refractivity contribution is 7.22. The monoisotopic (exact) mass is 291 g/mol. The molecule has 0 spiro atoms. The minimum atomic E-state index is -0.0802. The van der Waals surface area contributed by atoms with E-state index < -0.39 is 0 Å². The molecular weight excluding hydrogens is 274 g/mol. The molecule has 0 atom stereocenters. The second kappa shape index (κ2) is 5.35. The third kappa shape index (κ3) is 2.74. The van der Waals surface area contributed by atoms with Crippen molar-refractivity contribution in [2.45, 2.75) is 0 Å². The Labute approximate surface area is 121 Å². The maximum atomic E-state index is 12.2. The molecule has 1 aromatic heterocycles. The van der Waals surface area contributed by atoms with Crippen LogP contribution in [0.5, 0.6) is 0 Å². The molecule has 1 aliphatic heterocycles. The number of thiazole rings is 1. The predicted octanol–water partition coefficient (Wildman–Crippen LogP) is 0.771. The van der Waals surface area contributed by atoms with Crippen LogP contribution in [-0.4, -0.2) is 54.0 Å². The van der Waals surface area contributed by atoms with Crippen LogP contribution in [-0.2, 0) is 0 Å². The molecule has 0 bridgehead atoms. The number of fused-ring (bicyclic) bond motifs is 1. The molecule has 2 aromatic rings. The number of carbonyl (C=O) groups excluding carboxylic acids is 1. The molecule has 1 aliphatic rings. The quantitative estimate of drug-likeness (QED) is 0.855. The maximum absolute atomic E-state index is 12.2. The Bertz CT molecular complexity index is 633. The number of rotatable bonds is 2. The number of nitrogens with one attached hydrogen (secondary N) is 1. The number of hydrogen-bond donors (Lipinski definition) is 2. The Morgan fingerprint density at radius 1 is 1.35 bits per heavy atom. The number of likely N-dealkylation sites (N-methyl/N-ethyl adjacent to an activating group) is 1. The van der Waals surface area contributed by atoms with E-state index in [1.807, 2.05) is 17.1 Å². The third-order valence-corrected chi connectivity index (χ3v) is 4.28. The lowest BCUT2D eigenvalue weighted by Crippen LogP contribution is -2.52. The number of hydrogen-bond acceptors (Lipinski definition) is 6. The normalized spacial score (nSPS) is 17.4. The number of anilines is 1. The van der Waals surface area contributed by atoms with Gasteiger partial charge >= 0.3 is 0 Å². The number of amides is 1. The maximum Gasteiger partial charge on any atom is 0.265 e. The molecule has 20 heavy (non-hydrogen) atoms. The molecule has 0 saturated carbocycles. The summed E-state index contributed by atoms with van der Waals surface area (Å²) in [7, 11) is 2.08. The van der Waals surface area contributed by atoms with Gasteiger partial charge in [0, 0.05) is 31.7 Å². The standard InChI is InChI=1S/C13H17N5OS/c1-17-4-6-18(7-5-17)16-12(19)9-2-3-10-11(8-9)20-13(14)15-10/h2-3,8H,4-7H2,1H3,(H2,14,15)(H,16,19). The SMILES string of the molecule is CN1CCN(NC(=O)c2ccc3nc(N)sc3c2)CC1. The summed E-state index contributed by atoms with van der Waals surface area (Å²) in [5.41, 5.74) is 10.1. The number of benzene rings is 1. The van der Waals surface area contributed by atoms with E-state index in [4.69, 9.17) is 5.73 Å². The first-order valence-corrected chi connectivity index (χ1v) is 7.34. The average molecular weight is 291 g/mol. The molecule has 3 rings (SSSR count). The average Bonchev–Trinajstić information content (AvgIpc) is 2.80. The van der Waals surface area contributed by atoms with Crippen LogP contribution < -0.4 is 11.2 Å². The molecule has 1 saturated heterocycles. The highest BCUT2D eigenvalue weighted by Crippen LogP contribution is 2.24. The first-order valence-electron chi connectivity index (χ1n) is 6.52. The number of hydrazine groups is 1. The van der Waals surface area contributed by atoms with Crippen molar-refractivity contribution < 1.29 is 4.79 Å². The summed E-state index contributed by atoms with van der Waals surface area (Å²) in [5.74, 6) is -0.0802. The van der Waals surface area contributed by atoms with Crippen molar-refractivity contribution in [2.24, 2.45) is 0 Å². The molecule has 0 radical (unpaired) electrons. The van der Waals surface area contributed by atoms with Crippen molar-refractivity contribution in [1.82, 2.24) is 20.3 Å². The topological polar surface area (TPSA) is 74.5 Å². The smallest absolute Gasteiger partial charge is 0.265 e. The van der Waals surface area contributed by atoms with E-state index in [0.717, 1.165) is 36.4 Å². The molecule has 1 aromatic carbocycles. The van der Waals surface area contributed by atoms with Crippen LogP contribution >= 0.6 is 11.3 Å². The Morgan fingerprint density at radius 3 is 2.85 bits per heavy atom. The summed E-state index contributed by atoms with van der Waals surface area (Å²) in [6, 6.07) is 5.46. The fourth-order valence-electron chi connectivity index (χ4n) is 2.21. The van der Waals surface area contributed by atoms with Gasteiger partial charge in [0.1, 0.15) is 0 Å².